The maximum atomic E-state index is 11.8. The molecule has 0 aliphatic heterocycles. The van der Waals surface area contributed by atoms with E-state index in [0.717, 1.165) is 32.1 Å². The fraction of sp³-hybridized carbons (Fsp3) is 0.857. The molecule has 1 aliphatic rings. The van der Waals surface area contributed by atoms with Crippen molar-refractivity contribution in [1.82, 2.24) is 10.6 Å². The van der Waals surface area contributed by atoms with Crippen molar-refractivity contribution in [3.63, 3.8) is 0 Å². The Labute approximate surface area is 115 Å². The number of aliphatic carboxylic acids is 1. The van der Waals surface area contributed by atoms with Gasteiger partial charge in [-0.15, -0.1) is 0 Å². The number of urea groups is 1. The van der Waals surface area contributed by atoms with Crippen LogP contribution in [0.4, 0.5) is 4.79 Å². The number of carboxylic acids is 1. The smallest absolute Gasteiger partial charge is 0.315 e. The van der Waals surface area contributed by atoms with Crippen LogP contribution in [-0.4, -0.2) is 29.7 Å². The summed E-state index contributed by atoms with van der Waals surface area (Å²) in [6, 6.07) is -0.460. The Morgan fingerprint density at radius 2 is 1.84 bits per heavy atom. The van der Waals surface area contributed by atoms with Gasteiger partial charge in [-0.1, -0.05) is 39.5 Å². The van der Waals surface area contributed by atoms with E-state index < -0.39 is 11.9 Å². The zero-order valence-electron chi connectivity index (χ0n) is 11.9. The molecular weight excluding hydrogens is 244 g/mol. The molecule has 0 heterocycles. The van der Waals surface area contributed by atoms with Crippen LogP contribution < -0.4 is 10.6 Å². The van der Waals surface area contributed by atoms with Crippen LogP contribution in [0.15, 0.2) is 0 Å². The fourth-order valence-corrected chi connectivity index (χ4v) is 2.63. The molecule has 0 aromatic carbocycles. The number of carbonyl (C=O) groups is 2. The number of hydrogen-bond acceptors (Lipinski definition) is 2. The van der Waals surface area contributed by atoms with E-state index in [9.17, 15) is 9.59 Å². The van der Waals surface area contributed by atoms with Gasteiger partial charge in [-0.3, -0.25) is 4.79 Å². The second-order valence-electron chi connectivity index (χ2n) is 5.37. The van der Waals surface area contributed by atoms with Crippen LogP contribution in [0.25, 0.3) is 0 Å². The lowest BCUT2D eigenvalue weighted by Gasteiger charge is -2.29. The minimum Gasteiger partial charge on any atom is -0.481 e. The molecule has 1 rings (SSSR count). The molecule has 3 N–H and O–H groups in total. The maximum absolute atomic E-state index is 11.8. The van der Waals surface area contributed by atoms with E-state index in [1.54, 1.807) is 0 Å². The largest absolute Gasteiger partial charge is 0.481 e. The van der Waals surface area contributed by atoms with Crippen LogP contribution in [0.3, 0.4) is 0 Å². The van der Waals surface area contributed by atoms with Crippen molar-refractivity contribution in [1.29, 1.82) is 0 Å². The summed E-state index contributed by atoms with van der Waals surface area (Å²) in [5, 5.41) is 14.8. The number of carbonyl (C=O) groups excluding carboxylic acids is 1. The summed E-state index contributed by atoms with van der Waals surface area (Å²) in [4.78, 5) is 22.9. The van der Waals surface area contributed by atoms with E-state index in [1.807, 2.05) is 0 Å². The van der Waals surface area contributed by atoms with Gasteiger partial charge in [-0.05, 0) is 18.8 Å². The number of hydrogen-bond donors (Lipinski definition) is 3. The van der Waals surface area contributed by atoms with Crippen LogP contribution in [0.2, 0.25) is 0 Å². The second kappa shape index (κ2) is 8.02. The third kappa shape index (κ3) is 5.09. The number of nitrogens with one attached hydrogen (secondary N) is 2. The second-order valence-corrected chi connectivity index (χ2v) is 5.37. The molecule has 0 aromatic heterocycles. The molecule has 0 bridgehead atoms. The van der Waals surface area contributed by atoms with Gasteiger partial charge < -0.3 is 15.7 Å². The molecule has 19 heavy (non-hydrogen) atoms. The molecule has 1 aliphatic carbocycles. The van der Waals surface area contributed by atoms with E-state index in [1.165, 1.54) is 0 Å². The SMILES string of the molecule is CCC(CC)CNC(=O)NC1CCCCC1C(=O)O. The van der Waals surface area contributed by atoms with Crippen LogP contribution in [0, 0.1) is 11.8 Å². The highest BCUT2D eigenvalue weighted by Crippen LogP contribution is 2.24. The van der Waals surface area contributed by atoms with Crippen LogP contribution in [0.1, 0.15) is 52.4 Å². The lowest BCUT2D eigenvalue weighted by atomic mass is 9.84. The van der Waals surface area contributed by atoms with Gasteiger partial charge in [0.05, 0.1) is 5.92 Å². The van der Waals surface area contributed by atoms with Crippen molar-refractivity contribution >= 4 is 12.0 Å². The number of amides is 2. The Bertz CT molecular complexity index is 303. The highest BCUT2D eigenvalue weighted by Gasteiger charge is 2.31. The number of carboxylic acid groups (broad SMARTS) is 1. The van der Waals surface area contributed by atoms with Crippen LogP contribution >= 0.6 is 0 Å². The highest BCUT2D eigenvalue weighted by atomic mass is 16.4. The van der Waals surface area contributed by atoms with Crippen molar-refractivity contribution in [2.24, 2.45) is 11.8 Å². The topological polar surface area (TPSA) is 78.4 Å². The number of rotatable bonds is 6. The Hall–Kier alpha value is -1.26. The normalized spacial score (nSPS) is 23.1. The molecule has 1 fully saturated rings. The third-order valence-electron chi connectivity index (χ3n) is 4.11. The van der Waals surface area contributed by atoms with E-state index >= 15 is 0 Å². The van der Waals surface area contributed by atoms with Crippen molar-refractivity contribution < 1.29 is 14.7 Å². The zero-order chi connectivity index (χ0) is 14.3. The molecule has 0 spiro atoms. The van der Waals surface area contributed by atoms with Gasteiger partial charge in [0, 0.05) is 12.6 Å². The Morgan fingerprint density at radius 3 is 2.42 bits per heavy atom. The van der Waals surface area contributed by atoms with Gasteiger partial charge in [0.15, 0.2) is 0 Å². The van der Waals surface area contributed by atoms with Gasteiger partial charge in [-0.25, -0.2) is 4.79 Å². The minimum atomic E-state index is -0.801. The summed E-state index contributed by atoms with van der Waals surface area (Å²) in [6.07, 6.45) is 5.42. The maximum Gasteiger partial charge on any atom is 0.315 e. The molecule has 110 valence electrons. The summed E-state index contributed by atoms with van der Waals surface area (Å²) in [6.45, 7) is 4.87. The van der Waals surface area contributed by atoms with E-state index in [-0.39, 0.29) is 12.1 Å². The first kappa shape index (κ1) is 15.8. The van der Waals surface area contributed by atoms with Crippen molar-refractivity contribution in [3.8, 4) is 0 Å². The summed E-state index contributed by atoms with van der Waals surface area (Å²) < 4.78 is 0. The van der Waals surface area contributed by atoms with Crippen LogP contribution in [-0.2, 0) is 4.79 Å². The molecule has 2 amide bonds. The summed E-state index contributed by atoms with van der Waals surface area (Å²) in [5.41, 5.74) is 0. The zero-order valence-corrected chi connectivity index (χ0v) is 11.9. The summed E-state index contributed by atoms with van der Waals surface area (Å²) in [7, 11) is 0. The molecule has 0 radical (unpaired) electrons. The van der Waals surface area contributed by atoms with E-state index in [0.29, 0.717) is 18.9 Å². The minimum absolute atomic E-state index is 0.229. The average Bonchev–Trinajstić information content (AvgIpc) is 2.40. The third-order valence-corrected chi connectivity index (χ3v) is 4.11. The lowest BCUT2D eigenvalue weighted by Crippen LogP contribution is -2.49. The van der Waals surface area contributed by atoms with Crippen molar-refractivity contribution in [3.05, 3.63) is 0 Å². The molecule has 5 nitrogen and oxygen atoms in total. The van der Waals surface area contributed by atoms with Gasteiger partial charge in [0.1, 0.15) is 0 Å². The van der Waals surface area contributed by atoms with Crippen molar-refractivity contribution in [2.75, 3.05) is 6.54 Å². The predicted molar refractivity (Wildman–Crippen MR) is 74.0 cm³/mol. The molecule has 1 saturated carbocycles. The molecule has 2 unspecified atom stereocenters. The molecule has 0 aromatic rings. The van der Waals surface area contributed by atoms with Gasteiger partial charge >= 0.3 is 12.0 Å². The Morgan fingerprint density at radius 1 is 1.21 bits per heavy atom. The van der Waals surface area contributed by atoms with Gasteiger partial charge in [-0.2, -0.15) is 0 Å². The first-order chi connectivity index (χ1) is 9.08. The van der Waals surface area contributed by atoms with Gasteiger partial charge in [0.2, 0.25) is 0 Å². The molecule has 5 heteroatoms. The van der Waals surface area contributed by atoms with Crippen molar-refractivity contribution in [2.45, 2.75) is 58.4 Å². The highest BCUT2D eigenvalue weighted by molar-refractivity contribution is 5.76. The first-order valence-corrected chi connectivity index (χ1v) is 7.35. The van der Waals surface area contributed by atoms with Gasteiger partial charge in [0.25, 0.3) is 0 Å². The van der Waals surface area contributed by atoms with E-state index in [2.05, 4.69) is 24.5 Å². The lowest BCUT2D eigenvalue weighted by molar-refractivity contribution is -0.143. The summed E-state index contributed by atoms with van der Waals surface area (Å²) in [5.74, 6) is -0.745. The quantitative estimate of drug-likeness (QED) is 0.693. The fourth-order valence-electron chi connectivity index (χ4n) is 2.63. The van der Waals surface area contributed by atoms with E-state index in [4.69, 9.17) is 5.11 Å². The Kier molecular flexibility index (Phi) is 6.67. The molecule has 0 saturated heterocycles. The monoisotopic (exact) mass is 270 g/mol. The predicted octanol–water partition coefficient (Wildman–Crippen LogP) is 2.37. The molecular formula is C14H26N2O3. The first-order valence-electron chi connectivity index (χ1n) is 7.35. The molecule has 2 atom stereocenters. The van der Waals surface area contributed by atoms with Crippen LogP contribution in [0.5, 0.6) is 0 Å². The average molecular weight is 270 g/mol. The standard InChI is InChI=1S/C14H26N2O3/c1-3-10(4-2)9-15-14(19)16-12-8-6-5-7-11(12)13(17)18/h10-12H,3-9H2,1-2H3,(H,17,18)(H2,15,16,19). The Balaban J connectivity index is 2.39. The summed E-state index contributed by atoms with van der Waals surface area (Å²) >= 11 is 0.